The van der Waals surface area contributed by atoms with E-state index in [9.17, 15) is 8.42 Å². The number of sulfone groups is 1. The summed E-state index contributed by atoms with van der Waals surface area (Å²) in [7, 11) is -0.886. The lowest BCUT2D eigenvalue weighted by Crippen LogP contribution is -2.33. The lowest BCUT2D eigenvalue weighted by molar-refractivity contribution is 0.166. The van der Waals surface area contributed by atoms with Crippen LogP contribution in [0.3, 0.4) is 0 Å². The fourth-order valence-electron chi connectivity index (χ4n) is 3.53. The molecule has 20 heavy (non-hydrogen) atoms. The van der Waals surface area contributed by atoms with Gasteiger partial charge in [0.15, 0.2) is 9.84 Å². The number of nitrogens with one attached hydrogen (secondary N) is 1. The average Bonchev–Trinajstić information content (AvgIpc) is 2.39. The molecule has 0 aromatic rings. The average molecular weight is 304 g/mol. The monoisotopic (exact) mass is 303 g/mol. The Morgan fingerprint density at radius 1 is 1.15 bits per heavy atom. The predicted molar refractivity (Wildman–Crippen MR) is 86.7 cm³/mol. The maximum Gasteiger partial charge on any atom is 0.152 e. The van der Waals surface area contributed by atoms with Crippen LogP contribution in [0.5, 0.6) is 0 Å². The van der Waals surface area contributed by atoms with Gasteiger partial charge in [-0.15, -0.1) is 0 Å². The molecular weight excluding hydrogens is 270 g/mol. The number of rotatable bonds is 8. The molecule has 1 N–H and O–H groups in total. The van der Waals surface area contributed by atoms with Gasteiger partial charge in [0.2, 0.25) is 0 Å². The van der Waals surface area contributed by atoms with E-state index in [1.165, 1.54) is 32.1 Å². The molecular formula is C16H33NO2S. The molecule has 1 fully saturated rings. The first-order valence-corrected chi connectivity index (χ1v) is 9.98. The molecule has 0 radical (unpaired) electrons. The molecule has 0 amide bonds. The molecule has 0 aromatic carbocycles. The Labute approximate surface area is 125 Å². The Bertz CT molecular complexity index is 365. The van der Waals surface area contributed by atoms with Crippen LogP contribution in [-0.2, 0) is 9.84 Å². The van der Waals surface area contributed by atoms with Gasteiger partial charge in [-0.2, -0.15) is 0 Å². The molecule has 3 unspecified atom stereocenters. The van der Waals surface area contributed by atoms with Crippen molar-refractivity contribution in [2.24, 2.45) is 17.8 Å². The topological polar surface area (TPSA) is 46.2 Å². The molecule has 0 saturated heterocycles. The molecule has 1 aliphatic rings. The first kappa shape index (κ1) is 18.0. The van der Waals surface area contributed by atoms with Crippen molar-refractivity contribution in [1.82, 2.24) is 5.32 Å². The Morgan fingerprint density at radius 2 is 1.85 bits per heavy atom. The zero-order valence-corrected chi connectivity index (χ0v) is 14.5. The Morgan fingerprint density at radius 3 is 2.40 bits per heavy atom. The van der Waals surface area contributed by atoms with E-state index in [1.807, 2.05) is 7.05 Å². The number of hydrogen-bond donors (Lipinski definition) is 1. The Balaban J connectivity index is 2.60. The summed E-state index contributed by atoms with van der Waals surface area (Å²) < 4.78 is 24.1. The second-order valence-corrected chi connectivity index (χ2v) is 9.43. The Kier molecular flexibility index (Phi) is 7.52. The minimum absolute atomic E-state index is 0.236. The molecule has 1 saturated carbocycles. The van der Waals surface area contributed by atoms with E-state index in [-0.39, 0.29) is 5.25 Å². The minimum Gasteiger partial charge on any atom is -0.319 e. The molecule has 0 aliphatic heterocycles. The summed E-state index contributed by atoms with van der Waals surface area (Å²) in [6, 6.07) is 0. The first-order valence-electron chi connectivity index (χ1n) is 8.26. The maximum absolute atomic E-state index is 12.0. The van der Waals surface area contributed by atoms with Crippen LogP contribution in [0, 0.1) is 17.8 Å². The van der Waals surface area contributed by atoms with E-state index in [0.29, 0.717) is 17.6 Å². The molecule has 0 bridgehead atoms. The smallest absolute Gasteiger partial charge is 0.152 e. The summed E-state index contributed by atoms with van der Waals surface area (Å²) in [5.41, 5.74) is 0. The molecule has 0 heterocycles. The van der Waals surface area contributed by atoms with Crippen molar-refractivity contribution < 1.29 is 8.42 Å². The van der Waals surface area contributed by atoms with E-state index in [0.717, 1.165) is 18.9 Å². The van der Waals surface area contributed by atoms with Gasteiger partial charge < -0.3 is 5.32 Å². The molecule has 3 nitrogen and oxygen atoms in total. The fourth-order valence-corrected chi connectivity index (χ4v) is 4.63. The SMILES string of the molecule is CCCC1CCC(CNC)C(CCS(=O)(=O)C(C)C)C1. The van der Waals surface area contributed by atoms with Crippen molar-refractivity contribution in [1.29, 1.82) is 0 Å². The highest BCUT2D eigenvalue weighted by Gasteiger charge is 2.31. The van der Waals surface area contributed by atoms with Crippen LogP contribution in [0.1, 0.15) is 59.3 Å². The summed E-state index contributed by atoms with van der Waals surface area (Å²) in [6.07, 6.45) is 7.23. The lowest BCUT2D eigenvalue weighted by Gasteiger charge is -2.36. The van der Waals surface area contributed by atoms with Crippen LogP contribution in [0.2, 0.25) is 0 Å². The molecule has 0 spiro atoms. The zero-order chi connectivity index (χ0) is 15.2. The summed E-state index contributed by atoms with van der Waals surface area (Å²) in [4.78, 5) is 0. The van der Waals surface area contributed by atoms with E-state index in [1.54, 1.807) is 13.8 Å². The highest BCUT2D eigenvalue weighted by molar-refractivity contribution is 7.91. The van der Waals surface area contributed by atoms with Gasteiger partial charge in [-0.1, -0.05) is 26.2 Å². The van der Waals surface area contributed by atoms with Crippen LogP contribution in [0.15, 0.2) is 0 Å². The Hall–Kier alpha value is -0.0900. The molecule has 3 atom stereocenters. The van der Waals surface area contributed by atoms with Crippen molar-refractivity contribution >= 4 is 9.84 Å². The second-order valence-electron chi connectivity index (χ2n) is 6.75. The van der Waals surface area contributed by atoms with E-state index in [2.05, 4.69) is 12.2 Å². The zero-order valence-electron chi connectivity index (χ0n) is 13.7. The lowest BCUT2D eigenvalue weighted by atomic mass is 9.71. The third kappa shape index (κ3) is 5.36. The van der Waals surface area contributed by atoms with Crippen LogP contribution in [0.4, 0.5) is 0 Å². The largest absolute Gasteiger partial charge is 0.319 e. The third-order valence-electron chi connectivity index (χ3n) is 4.90. The van der Waals surface area contributed by atoms with Gasteiger partial charge in [0.1, 0.15) is 0 Å². The van der Waals surface area contributed by atoms with Gasteiger partial charge in [-0.25, -0.2) is 8.42 Å². The summed E-state index contributed by atoms with van der Waals surface area (Å²) in [5.74, 6) is 2.44. The van der Waals surface area contributed by atoms with E-state index in [4.69, 9.17) is 0 Å². The van der Waals surface area contributed by atoms with Crippen molar-refractivity contribution in [3.8, 4) is 0 Å². The van der Waals surface area contributed by atoms with Crippen molar-refractivity contribution in [2.45, 2.75) is 64.5 Å². The van der Waals surface area contributed by atoms with E-state index >= 15 is 0 Å². The summed E-state index contributed by atoms with van der Waals surface area (Å²) >= 11 is 0. The van der Waals surface area contributed by atoms with Crippen molar-refractivity contribution in [3.63, 3.8) is 0 Å². The maximum atomic E-state index is 12.0. The highest BCUT2D eigenvalue weighted by atomic mass is 32.2. The van der Waals surface area contributed by atoms with E-state index < -0.39 is 9.84 Å². The molecule has 0 aromatic heterocycles. The quantitative estimate of drug-likeness (QED) is 0.748. The van der Waals surface area contributed by atoms with Gasteiger partial charge in [0.05, 0.1) is 11.0 Å². The van der Waals surface area contributed by atoms with Gasteiger partial charge >= 0.3 is 0 Å². The molecule has 4 heteroatoms. The minimum atomic E-state index is -2.89. The van der Waals surface area contributed by atoms with Crippen LogP contribution < -0.4 is 5.32 Å². The molecule has 120 valence electrons. The van der Waals surface area contributed by atoms with Gasteiger partial charge in [-0.05, 0) is 64.5 Å². The van der Waals surface area contributed by atoms with Crippen LogP contribution >= 0.6 is 0 Å². The van der Waals surface area contributed by atoms with Crippen LogP contribution in [-0.4, -0.2) is 33.0 Å². The van der Waals surface area contributed by atoms with Crippen molar-refractivity contribution in [2.75, 3.05) is 19.3 Å². The summed E-state index contributed by atoms with van der Waals surface area (Å²) in [5, 5.41) is 3.05. The predicted octanol–water partition coefficient (Wildman–Crippen LogP) is 3.25. The normalized spacial score (nSPS) is 27.9. The standard InChI is InChI=1S/C16H33NO2S/c1-5-6-14-7-8-16(12-17-4)15(11-14)9-10-20(18,19)13(2)3/h13-17H,5-12H2,1-4H3. The second kappa shape index (κ2) is 8.38. The number of hydrogen-bond acceptors (Lipinski definition) is 3. The first-order chi connectivity index (χ1) is 9.40. The van der Waals surface area contributed by atoms with Crippen molar-refractivity contribution in [3.05, 3.63) is 0 Å². The highest BCUT2D eigenvalue weighted by Crippen LogP contribution is 2.38. The summed E-state index contributed by atoms with van der Waals surface area (Å²) in [6.45, 7) is 6.87. The van der Waals surface area contributed by atoms with Gasteiger partial charge in [0.25, 0.3) is 0 Å². The van der Waals surface area contributed by atoms with Crippen LogP contribution in [0.25, 0.3) is 0 Å². The van der Waals surface area contributed by atoms with Gasteiger partial charge in [-0.3, -0.25) is 0 Å². The fraction of sp³-hybridized carbons (Fsp3) is 1.00. The van der Waals surface area contributed by atoms with Gasteiger partial charge in [0, 0.05) is 0 Å². The third-order valence-corrected chi connectivity index (χ3v) is 7.14. The molecule has 1 aliphatic carbocycles. The molecule has 1 rings (SSSR count).